The van der Waals surface area contributed by atoms with E-state index in [1.165, 1.54) is 12.1 Å². The van der Waals surface area contributed by atoms with Gasteiger partial charge >= 0.3 is 0 Å². The van der Waals surface area contributed by atoms with Gasteiger partial charge in [-0.3, -0.25) is 4.79 Å². The Hall–Kier alpha value is -1.62. The maximum Gasteiger partial charge on any atom is 0.246 e. The normalized spacial score (nSPS) is 24.5. The zero-order chi connectivity index (χ0) is 14.0. The average molecular weight is 265 g/mol. The SMILES string of the molecule is CC1CCN(C)C(=O)C(CN)N1c1ccc(F)cc1. The van der Waals surface area contributed by atoms with Crippen molar-refractivity contribution in [3.63, 3.8) is 0 Å². The second-order valence-electron chi connectivity index (χ2n) is 5.03. The first-order valence-electron chi connectivity index (χ1n) is 6.53. The Morgan fingerprint density at radius 2 is 2.00 bits per heavy atom. The van der Waals surface area contributed by atoms with Crippen molar-refractivity contribution in [2.24, 2.45) is 5.73 Å². The number of nitrogens with two attached hydrogens (primary N) is 1. The van der Waals surface area contributed by atoms with Crippen LogP contribution in [0.3, 0.4) is 0 Å². The van der Waals surface area contributed by atoms with Gasteiger partial charge < -0.3 is 15.5 Å². The number of carbonyl (C=O) groups excluding carboxylic acids is 1. The first-order valence-corrected chi connectivity index (χ1v) is 6.53. The Morgan fingerprint density at radius 1 is 1.37 bits per heavy atom. The number of hydrogen-bond donors (Lipinski definition) is 1. The summed E-state index contributed by atoms with van der Waals surface area (Å²) in [6, 6.07) is 6.03. The minimum Gasteiger partial charge on any atom is -0.356 e. The molecule has 1 aliphatic heterocycles. The van der Waals surface area contributed by atoms with Gasteiger partial charge in [-0.05, 0) is 37.6 Å². The third-order valence-corrected chi connectivity index (χ3v) is 3.70. The van der Waals surface area contributed by atoms with Crippen LogP contribution < -0.4 is 10.6 Å². The van der Waals surface area contributed by atoms with Crippen molar-refractivity contribution in [2.45, 2.75) is 25.4 Å². The molecule has 5 heteroatoms. The lowest BCUT2D eigenvalue weighted by atomic mass is 10.1. The van der Waals surface area contributed by atoms with E-state index in [0.29, 0.717) is 6.54 Å². The molecule has 0 aromatic heterocycles. The van der Waals surface area contributed by atoms with Crippen LogP contribution in [0.4, 0.5) is 10.1 Å². The number of carbonyl (C=O) groups is 1. The van der Waals surface area contributed by atoms with Gasteiger partial charge in [0.1, 0.15) is 11.9 Å². The monoisotopic (exact) mass is 265 g/mol. The molecule has 104 valence electrons. The highest BCUT2D eigenvalue weighted by Gasteiger charge is 2.33. The van der Waals surface area contributed by atoms with Gasteiger partial charge in [0, 0.05) is 31.9 Å². The summed E-state index contributed by atoms with van der Waals surface area (Å²) in [6.45, 7) is 3.04. The van der Waals surface area contributed by atoms with E-state index in [2.05, 4.69) is 6.92 Å². The Kier molecular flexibility index (Phi) is 4.04. The van der Waals surface area contributed by atoms with Crippen LogP contribution in [-0.2, 0) is 4.79 Å². The van der Waals surface area contributed by atoms with Crippen LogP contribution in [0.25, 0.3) is 0 Å². The largest absolute Gasteiger partial charge is 0.356 e. The number of anilines is 1. The topological polar surface area (TPSA) is 49.6 Å². The first-order chi connectivity index (χ1) is 9.04. The molecule has 0 radical (unpaired) electrons. The Morgan fingerprint density at radius 3 is 2.58 bits per heavy atom. The van der Waals surface area contributed by atoms with E-state index in [0.717, 1.165) is 12.1 Å². The van der Waals surface area contributed by atoms with Crippen LogP contribution in [-0.4, -0.2) is 43.0 Å². The smallest absolute Gasteiger partial charge is 0.246 e. The highest BCUT2D eigenvalue weighted by atomic mass is 19.1. The minimum atomic E-state index is -0.382. The van der Waals surface area contributed by atoms with Gasteiger partial charge in [-0.15, -0.1) is 0 Å². The highest BCUT2D eigenvalue weighted by Crippen LogP contribution is 2.25. The lowest BCUT2D eigenvalue weighted by molar-refractivity contribution is -0.130. The molecule has 1 aromatic rings. The van der Waals surface area contributed by atoms with E-state index < -0.39 is 0 Å². The van der Waals surface area contributed by atoms with Crippen LogP contribution in [0.15, 0.2) is 24.3 Å². The van der Waals surface area contributed by atoms with Gasteiger partial charge in [-0.25, -0.2) is 4.39 Å². The molecule has 1 fully saturated rings. The molecule has 1 heterocycles. The molecule has 1 aromatic carbocycles. The zero-order valence-corrected chi connectivity index (χ0v) is 11.3. The summed E-state index contributed by atoms with van der Waals surface area (Å²) in [5.74, 6) is -0.254. The van der Waals surface area contributed by atoms with Crippen LogP contribution in [0, 0.1) is 5.82 Å². The number of rotatable bonds is 2. The summed E-state index contributed by atoms with van der Waals surface area (Å²) in [6.07, 6.45) is 0.871. The molecule has 0 aliphatic carbocycles. The van der Waals surface area contributed by atoms with Gasteiger partial charge in [-0.1, -0.05) is 0 Å². The number of likely N-dealkylation sites (N-methyl/N-ethyl adjacent to an activating group) is 1. The summed E-state index contributed by atoms with van der Waals surface area (Å²) in [7, 11) is 1.80. The van der Waals surface area contributed by atoms with Crippen molar-refractivity contribution in [3.8, 4) is 0 Å². The predicted octanol–water partition coefficient (Wildman–Crippen LogP) is 1.21. The molecule has 2 N–H and O–H groups in total. The van der Waals surface area contributed by atoms with Crippen molar-refractivity contribution in [2.75, 3.05) is 25.0 Å². The Labute approximate surface area is 113 Å². The first kappa shape index (κ1) is 13.8. The van der Waals surface area contributed by atoms with E-state index >= 15 is 0 Å². The summed E-state index contributed by atoms with van der Waals surface area (Å²) < 4.78 is 13.0. The van der Waals surface area contributed by atoms with Gasteiger partial charge in [0.2, 0.25) is 5.91 Å². The second kappa shape index (κ2) is 5.57. The van der Waals surface area contributed by atoms with Crippen molar-refractivity contribution in [1.29, 1.82) is 0 Å². The van der Waals surface area contributed by atoms with Crippen molar-refractivity contribution in [3.05, 3.63) is 30.1 Å². The number of halogens is 1. The number of benzene rings is 1. The third kappa shape index (κ3) is 2.71. The van der Waals surface area contributed by atoms with E-state index in [1.54, 1.807) is 24.1 Å². The second-order valence-corrected chi connectivity index (χ2v) is 5.03. The molecule has 1 saturated heterocycles. The number of hydrogen-bond acceptors (Lipinski definition) is 3. The van der Waals surface area contributed by atoms with Gasteiger partial charge in [0.05, 0.1) is 0 Å². The third-order valence-electron chi connectivity index (χ3n) is 3.70. The quantitative estimate of drug-likeness (QED) is 0.874. The number of amides is 1. The van der Waals surface area contributed by atoms with Crippen LogP contribution in [0.5, 0.6) is 0 Å². The summed E-state index contributed by atoms with van der Waals surface area (Å²) in [5.41, 5.74) is 6.62. The Balaban J connectivity index is 2.37. The molecular formula is C14H20FN3O. The van der Waals surface area contributed by atoms with E-state index in [9.17, 15) is 9.18 Å². The average Bonchev–Trinajstić information content (AvgIpc) is 2.51. The predicted molar refractivity (Wildman–Crippen MR) is 73.4 cm³/mol. The highest BCUT2D eigenvalue weighted by molar-refractivity contribution is 5.86. The maximum absolute atomic E-state index is 13.0. The van der Waals surface area contributed by atoms with Gasteiger partial charge in [-0.2, -0.15) is 0 Å². The molecule has 0 bridgehead atoms. The minimum absolute atomic E-state index is 0.0242. The summed E-state index contributed by atoms with van der Waals surface area (Å²) in [5, 5.41) is 0. The maximum atomic E-state index is 13.0. The zero-order valence-electron chi connectivity index (χ0n) is 11.3. The molecule has 4 nitrogen and oxygen atoms in total. The molecule has 1 amide bonds. The lowest BCUT2D eigenvalue weighted by Crippen LogP contribution is -2.51. The Bertz CT molecular complexity index is 449. The van der Waals surface area contributed by atoms with Crippen LogP contribution in [0.1, 0.15) is 13.3 Å². The molecule has 2 atom stereocenters. The fourth-order valence-corrected chi connectivity index (χ4v) is 2.57. The van der Waals surface area contributed by atoms with Crippen LogP contribution >= 0.6 is 0 Å². The van der Waals surface area contributed by atoms with Crippen molar-refractivity contribution >= 4 is 11.6 Å². The van der Waals surface area contributed by atoms with Crippen LogP contribution in [0.2, 0.25) is 0 Å². The molecule has 0 saturated carbocycles. The fraction of sp³-hybridized carbons (Fsp3) is 0.500. The van der Waals surface area contributed by atoms with Gasteiger partial charge in [0.25, 0.3) is 0 Å². The molecular weight excluding hydrogens is 245 g/mol. The van der Waals surface area contributed by atoms with Crippen molar-refractivity contribution in [1.82, 2.24) is 4.90 Å². The van der Waals surface area contributed by atoms with E-state index in [4.69, 9.17) is 5.73 Å². The summed E-state index contributed by atoms with van der Waals surface area (Å²) >= 11 is 0. The molecule has 0 spiro atoms. The van der Waals surface area contributed by atoms with E-state index in [-0.39, 0.29) is 30.4 Å². The molecule has 19 heavy (non-hydrogen) atoms. The van der Waals surface area contributed by atoms with Gasteiger partial charge in [0.15, 0.2) is 0 Å². The molecule has 1 aliphatic rings. The molecule has 2 rings (SSSR count). The summed E-state index contributed by atoms with van der Waals surface area (Å²) in [4.78, 5) is 16.0. The van der Waals surface area contributed by atoms with E-state index in [1.807, 2.05) is 4.90 Å². The standard InChI is InChI=1S/C14H20FN3O/c1-10-7-8-17(2)14(19)13(9-16)18(10)12-5-3-11(15)4-6-12/h3-6,10,13H,7-9,16H2,1-2H3. The lowest BCUT2D eigenvalue weighted by Gasteiger charge is -2.35. The van der Waals surface area contributed by atoms with Crippen molar-refractivity contribution < 1.29 is 9.18 Å². The fourth-order valence-electron chi connectivity index (χ4n) is 2.57. The number of nitrogens with zero attached hydrogens (tertiary/aromatic N) is 2. The molecule has 2 unspecified atom stereocenters.